The van der Waals surface area contributed by atoms with E-state index in [1.54, 1.807) is 0 Å². The zero-order valence-electron chi connectivity index (χ0n) is 7.62. The predicted octanol–water partition coefficient (Wildman–Crippen LogP) is 1.37. The average Bonchev–Trinajstić information content (AvgIpc) is 2.10. The first kappa shape index (κ1) is 10.8. The Labute approximate surface area is 72.9 Å². The van der Waals surface area contributed by atoms with Crippen molar-refractivity contribution < 1.29 is 0 Å². The van der Waals surface area contributed by atoms with E-state index in [2.05, 4.69) is 32.0 Å². The topological polar surface area (TPSA) is 49.4 Å². The van der Waals surface area contributed by atoms with Crippen LogP contribution in [0.25, 0.3) is 0 Å². The van der Waals surface area contributed by atoms with E-state index >= 15 is 0 Å². The van der Waals surface area contributed by atoms with Crippen LogP contribution >= 0.6 is 0 Å². The molecule has 0 aromatic heterocycles. The summed E-state index contributed by atoms with van der Waals surface area (Å²) in [6.45, 7) is 6.54. The monoisotopic (exact) mass is 166 g/mol. The van der Waals surface area contributed by atoms with E-state index < -0.39 is 0 Å². The first-order valence-corrected chi connectivity index (χ1v) is 4.07. The summed E-state index contributed by atoms with van der Waals surface area (Å²) >= 11 is 0. The number of hydrogen-bond donors (Lipinski definition) is 0. The van der Waals surface area contributed by atoms with Crippen LogP contribution in [-0.2, 0) is 0 Å². The Kier molecular flexibility index (Phi) is 8.75. The van der Waals surface area contributed by atoms with E-state index in [4.69, 9.17) is 0 Å². The normalized spacial score (nSPS) is 7.83. The van der Waals surface area contributed by atoms with E-state index in [1.807, 2.05) is 13.8 Å². The van der Waals surface area contributed by atoms with Gasteiger partial charge in [-0.15, -0.1) is 0 Å². The molecule has 0 unspecified atom stereocenters. The second-order valence-corrected chi connectivity index (χ2v) is 1.91. The molecular weight excluding hydrogens is 152 g/mol. The summed E-state index contributed by atoms with van der Waals surface area (Å²) in [4.78, 5) is 15.3. The van der Waals surface area contributed by atoms with Crippen LogP contribution < -0.4 is 0 Å². The molecule has 4 nitrogen and oxygen atoms in total. The van der Waals surface area contributed by atoms with Crippen LogP contribution in [-0.4, -0.2) is 38.2 Å². The van der Waals surface area contributed by atoms with E-state index in [1.165, 1.54) is 0 Å². The van der Waals surface area contributed by atoms with E-state index in [0.29, 0.717) is 13.1 Å². The van der Waals surface area contributed by atoms with Gasteiger partial charge in [0.1, 0.15) is 0 Å². The molecule has 0 atom stereocenters. The highest BCUT2D eigenvalue weighted by Crippen LogP contribution is 1.70. The third kappa shape index (κ3) is 8.76. The maximum absolute atomic E-state index is 3.87. The van der Waals surface area contributed by atoms with Crippen molar-refractivity contribution in [3.63, 3.8) is 0 Å². The zero-order chi connectivity index (χ0) is 9.07. The van der Waals surface area contributed by atoms with Crippen LogP contribution in [0, 0.1) is 0 Å². The Balaban J connectivity index is 3.44. The molecule has 0 aliphatic carbocycles. The molecule has 0 saturated carbocycles. The third-order valence-electron chi connectivity index (χ3n) is 0.923. The molecule has 0 aromatic carbocycles. The summed E-state index contributed by atoms with van der Waals surface area (Å²) in [5, 5.41) is 0. The van der Waals surface area contributed by atoms with Crippen LogP contribution in [0.4, 0.5) is 0 Å². The fraction of sp³-hybridized carbons (Fsp3) is 0.750. The molecule has 0 fully saturated rings. The molecule has 0 aromatic rings. The number of hydrogen-bond acceptors (Lipinski definition) is 4. The number of rotatable bonds is 5. The Morgan fingerprint density at radius 2 is 1.17 bits per heavy atom. The Hall–Kier alpha value is -1.24. The molecule has 0 bridgehead atoms. The zero-order valence-corrected chi connectivity index (χ0v) is 7.62. The second kappa shape index (κ2) is 9.76. The van der Waals surface area contributed by atoms with E-state index in [9.17, 15) is 0 Å². The molecular formula is C8H14N4. The quantitative estimate of drug-likeness (QED) is 0.437. The minimum Gasteiger partial charge on any atom is -0.226 e. The van der Waals surface area contributed by atoms with E-state index in [0.717, 1.165) is 13.1 Å². The summed E-state index contributed by atoms with van der Waals surface area (Å²) in [7, 11) is 0. The highest BCUT2D eigenvalue weighted by molar-refractivity contribution is 5.42. The highest BCUT2D eigenvalue weighted by Gasteiger charge is 1.73. The van der Waals surface area contributed by atoms with Gasteiger partial charge in [-0.1, -0.05) is 0 Å². The van der Waals surface area contributed by atoms with Gasteiger partial charge >= 0.3 is 0 Å². The van der Waals surface area contributed by atoms with Crippen molar-refractivity contribution in [3.8, 4) is 0 Å². The Bertz CT molecular complexity index is 183. The molecule has 0 radical (unpaired) electrons. The molecule has 12 heavy (non-hydrogen) atoms. The minimum absolute atomic E-state index is 0.607. The first-order valence-electron chi connectivity index (χ1n) is 4.07. The largest absolute Gasteiger partial charge is 0.226 e. The summed E-state index contributed by atoms with van der Waals surface area (Å²) in [6.07, 6.45) is 0. The van der Waals surface area contributed by atoms with Crippen LogP contribution in [0.3, 0.4) is 0 Å². The summed E-state index contributed by atoms with van der Waals surface area (Å²) in [6, 6.07) is 5.12. The van der Waals surface area contributed by atoms with Crippen LogP contribution in [0.5, 0.6) is 0 Å². The van der Waals surface area contributed by atoms with Crippen molar-refractivity contribution >= 4 is 12.0 Å². The van der Waals surface area contributed by atoms with Crippen molar-refractivity contribution in [1.29, 1.82) is 0 Å². The highest BCUT2D eigenvalue weighted by atomic mass is 14.9. The summed E-state index contributed by atoms with van der Waals surface area (Å²) < 4.78 is 0. The molecule has 0 saturated heterocycles. The molecule has 66 valence electrons. The maximum atomic E-state index is 3.87. The van der Waals surface area contributed by atoms with Gasteiger partial charge in [0.2, 0.25) is 0 Å². The Morgan fingerprint density at radius 1 is 0.750 bits per heavy atom. The molecule has 0 aliphatic rings. The van der Waals surface area contributed by atoms with Crippen LogP contribution in [0.1, 0.15) is 13.8 Å². The summed E-state index contributed by atoms with van der Waals surface area (Å²) in [5.41, 5.74) is 0. The molecule has 0 N–H and O–H groups in total. The maximum Gasteiger partial charge on any atom is 0.0893 e. The van der Waals surface area contributed by atoms with Crippen LogP contribution in [0.15, 0.2) is 20.0 Å². The average molecular weight is 166 g/mol. The third-order valence-corrected chi connectivity index (χ3v) is 0.923. The van der Waals surface area contributed by atoms with Gasteiger partial charge in [0.15, 0.2) is 0 Å². The van der Waals surface area contributed by atoms with E-state index in [-0.39, 0.29) is 0 Å². The fourth-order valence-corrected chi connectivity index (χ4v) is 0.441. The lowest BCUT2D eigenvalue weighted by Gasteiger charge is -1.79. The smallest absolute Gasteiger partial charge is 0.0893 e. The number of aliphatic imine (C=N–C) groups is 4. The van der Waals surface area contributed by atoms with Gasteiger partial charge in [0.05, 0.1) is 25.1 Å². The molecule has 0 aliphatic heterocycles. The molecule has 0 heterocycles. The lowest BCUT2D eigenvalue weighted by molar-refractivity contribution is 0.979. The standard InChI is InChI=1S/C8H14N4/c1-3-9-7-11-5-6-12-8-10-4-2/h3-6H2,1-2H3. The van der Waals surface area contributed by atoms with Gasteiger partial charge < -0.3 is 0 Å². The SMILES string of the molecule is CCN=C=NCCN=C=NCC. The molecule has 0 rings (SSSR count). The fourth-order valence-electron chi connectivity index (χ4n) is 0.441. The first-order chi connectivity index (χ1) is 5.91. The lowest BCUT2D eigenvalue weighted by atomic mass is 10.7. The van der Waals surface area contributed by atoms with Gasteiger partial charge in [-0.3, -0.25) is 0 Å². The van der Waals surface area contributed by atoms with Gasteiger partial charge in [0, 0.05) is 13.1 Å². The van der Waals surface area contributed by atoms with Crippen molar-refractivity contribution in [3.05, 3.63) is 0 Å². The minimum atomic E-state index is 0.607. The Morgan fingerprint density at radius 3 is 1.50 bits per heavy atom. The predicted molar refractivity (Wildman–Crippen MR) is 50.5 cm³/mol. The summed E-state index contributed by atoms with van der Waals surface area (Å²) in [5.74, 6) is 0. The van der Waals surface area contributed by atoms with Gasteiger partial charge in [-0.05, 0) is 13.8 Å². The van der Waals surface area contributed by atoms with Gasteiger partial charge in [-0.2, -0.15) is 0 Å². The molecule has 0 spiro atoms. The number of nitrogens with zero attached hydrogens (tertiary/aromatic N) is 4. The van der Waals surface area contributed by atoms with Crippen molar-refractivity contribution in [1.82, 2.24) is 0 Å². The molecule has 4 heteroatoms. The van der Waals surface area contributed by atoms with Crippen molar-refractivity contribution in [2.24, 2.45) is 20.0 Å². The van der Waals surface area contributed by atoms with Crippen molar-refractivity contribution in [2.45, 2.75) is 13.8 Å². The second-order valence-electron chi connectivity index (χ2n) is 1.91. The molecule has 0 amide bonds. The van der Waals surface area contributed by atoms with Gasteiger partial charge in [0.25, 0.3) is 0 Å². The van der Waals surface area contributed by atoms with Crippen molar-refractivity contribution in [2.75, 3.05) is 26.2 Å². The van der Waals surface area contributed by atoms with Gasteiger partial charge in [-0.25, -0.2) is 20.0 Å². The van der Waals surface area contributed by atoms with Crippen LogP contribution in [0.2, 0.25) is 0 Å². The lowest BCUT2D eigenvalue weighted by Crippen LogP contribution is -1.84.